The molecule has 0 aliphatic heterocycles. The van der Waals surface area contributed by atoms with Gasteiger partial charge in [-0.2, -0.15) is 5.10 Å². The predicted octanol–water partition coefficient (Wildman–Crippen LogP) is 3.14. The van der Waals surface area contributed by atoms with Crippen LogP contribution in [0.25, 0.3) is 0 Å². The second kappa shape index (κ2) is 5.18. The molecule has 0 aliphatic carbocycles. The van der Waals surface area contributed by atoms with Crippen LogP contribution in [0.3, 0.4) is 0 Å². The van der Waals surface area contributed by atoms with E-state index in [1.54, 1.807) is 0 Å². The molecule has 0 radical (unpaired) electrons. The zero-order chi connectivity index (χ0) is 13.3. The highest BCUT2D eigenvalue weighted by atomic mass is 79.9. The molecule has 1 N–H and O–H groups in total. The molecule has 0 atom stereocenters. The summed E-state index contributed by atoms with van der Waals surface area (Å²) in [4.78, 5) is 0. The van der Waals surface area contributed by atoms with Crippen molar-refractivity contribution in [3.8, 4) is 0 Å². The summed E-state index contributed by atoms with van der Waals surface area (Å²) in [5, 5.41) is 4.49. The Morgan fingerprint density at radius 3 is 2.39 bits per heavy atom. The maximum absolute atomic E-state index is 4.49. The van der Waals surface area contributed by atoms with Crippen LogP contribution in [0.2, 0.25) is 0 Å². The third-order valence-corrected chi connectivity index (χ3v) is 4.16. The molecule has 4 nitrogen and oxygen atoms in total. The van der Waals surface area contributed by atoms with Gasteiger partial charge in [-0.15, -0.1) is 0 Å². The van der Waals surface area contributed by atoms with E-state index in [1.165, 1.54) is 17.1 Å². The van der Waals surface area contributed by atoms with Crippen LogP contribution in [0.1, 0.15) is 29.7 Å². The van der Waals surface area contributed by atoms with Crippen LogP contribution in [0, 0.1) is 20.8 Å². The fraction of sp³-hybridized carbons (Fsp3) is 0.462. The van der Waals surface area contributed by atoms with Gasteiger partial charge in [0, 0.05) is 17.9 Å². The number of nitrogens with one attached hydrogen (secondary N) is 1. The van der Waals surface area contributed by atoms with E-state index < -0.39 is 0 Å². The molecule has 0 aromatic carbocycles. The molecule has 98 valence electrons. The summed E-state index contributed by atoms with van der Waals surface area (Å²) >= 11 is 3.61. The van der Waals surface area contributed by atoms with E-state index >= 15 is 0 Å². The minimum absolute atomic E-state index is 0.756. The monoisotopic (exact) mass is 310 g/mol. The number of rotatable bonds is 4. The Balaban J connectivity index is 2.20. The summed E-state index contributed by atoms with van der Waals surface area (Å²) in [6, 6.07) is 4.22. The van der Waals surface area contributed by atoms with Gasteiger partial charge >= 0.3 is 0 Å². The fourth-order valence-corrected chi connectivity index (χ4v) is 2.53. The number of halogens is 1. The van der Waals surface area contributed by atoms with Crippen LogP contribution in [0.4, 0.5) is 0 Å². The van der Waals surface area contributed by atoms with Gasteiger partial charge in [0.05, 0.1) is 22.4 Å². The lowest BCUT2D eigenvalue weighted by atomic mass is 10.3. The summed E-state index contributed by atoms with van der Waals surface area (Å²) in [6.45, 7) is 9.95. The Bertz CT molecular complexity index is 534. The average molecular weight is 311 g/mol. The van der Waals surface area contributed by atoms with E-state index in [4.69, 9.17) is 0 Å². The number of hydrogen-bond donors (Lipinski definition) is 1. The molecule has 2 aromatic heterocycles. The van der Waals surface area contributed by atoms with Crippen molar-refractivity contribution >= 4 is 15.9 Å². The van der Waals surface area contributed by atoms with E-state index in [0.29, 0.717) is 0 Å². The number of hydrogen-bond acceptors (Lipinski definition) is 2. The molecule has 18 heavy (non-hydrogen) atoms. The molecule has 2 heterocycles. The van der Waals surface area contributed by atoms with Crippen molar-refractivity contribution in [1.29, 1.82) is 0 Å². The van der Waals surface area contributed by atoms with Gasteiger partial charge in [-0.3, -0.25) is 9.36 Å². The van der Waals surface area contributed by atoms with Gasteiger partial charge in [0.2, 0.25) is 0 Å². The lowest BCUT2D eigenvalue weighted by Gasteiger charge is -2.13. The van der Waals surface area contributed by atoms with Crippen molar-refractivity contribution in [3.63, 3.8) is 0 Å². The third-order valence-electron chi connectivity index (χ3n) is 3.13. The highest BCUT2D eigenvalue weighted by Crippen LogP contribution is 2.21. The molecule has 0 unspecified atom stereocenters. The Labute approximate surface area is 116 Å². The summed E-state index contributed by atoms with van der Waals surface area (Å²) in [7, 11) is 0. The first-order valence-corrected chi connectivity index (χ1v) is 6.94. The molecule has 0 amide bonds. The Hall–Kier alpha value is -1.23. The average Bonchev–Trinajstić information content (AvgIpc) is 2.80. The minimum Gasteiger partial charge on any atom is -0.320 e. The standard InChI is InChI=1S/C13H19BrN4/c1-5-17-12(13(14)11(4)16-17)8-15-18-9(2)6-7-10(18)3/h6-7,15H,5,8H2,1-4H3. The van der Waals surface area contributed by atoms with Crippen molar-refractivity contribution in [3.05, 3.63) is 39.4 Å². The van der Waals surface area contributed by atoms with Gasteiger partial charge in [-0.1, -0.05) is 0 Å². The second-order valence-electron chi connectivity index (χ2n) is 4.45. The van der Waals surface area contributed by atoms with Crippen molar-refractivity contribution in [1.82, 2.24) is 14.5 Å². The van der Waals surface area contributed by atoms with Gasteiger partial charge in [0.15, 0.2) is 0 Å². The zero-order valence-electron chi connectivity index (χ0n) is 11.3. The Kier molecular flexibility index (Phi) is 3.80. The van der Waals surface area contributed by atoms with E-state index in [9.17, 15) is 0 Å². The van der Waals surface area contributed by atoms with Gasteiger partial charge in [0.1, 0.15) is 0 Å². The molecule has 0 fully saturated rings. The van der Waals surface area contributed by atoms with Crippen molar-refractivity contribution in [2.24, 2.45) is 0 Å². The maximum Gasteiger partial charge on any atom is 0.0745 e. The molecular formula is C13H19BrN4. The first-order valence-electron chi connectivity index (χ1n) is 6.15. The largest absolute Gasteiger partial charge is 0.320 e. The van der Waals surface area contributed by atoms with E-state index in [1.807, 2.05) is 11.6 Å². The molecule has 2 rings (SSSR count). The van der Waals surface area contributed by atoms with E-state index in [2.05, 4.69) is 64.0 Å². The van der Waals surface area contributed by atoms with Crippen LogP contribution < -0.4 is 5.43 Å². The van der Waals surface area contributed by atoms with Crippen LogP contribution in [-0.2, 0) is 13.1 Å². The summed E-state index contributed by atoms with van der Waals surface area (Å²) in [5.41, 5.74) is 8.07. The van der Waals surface area contributed by atoms with Crippen LogP contribution in [0.15, 0.2) is 16.6 Å². The van der Waals surface area contributed by atoms with E-state index in [-0.39, 0.29) is 0 Å². The summed E-state index contributed by atoms with van der Waals surface area (Å²) < 4.78 is 5.23. The number of aromatic nitrogens is 3. The first-order chi connectivity index (χ1) is 8.54. The molecule has 0 spiro atoms. The number of nitrogens with zero attached hydrogens (tertiary/aromatic N) is 3. The highest BCUT2D eigenvalue weighted by molar-refractivity contribution is 9.10. The first kappa shape index (κ1) is 13.2. The van der Waals surface area contributed by atoms with Crippen LogP contribution in [0.5, 0.6) is 0 Å². The topological polar surface area (TPSA) is 34.8 Å². The van der Waals surface area contributed by atoms with Crippen LogP contribution >= 0.6 is 15.9 Å². The smallest absolute Gasteiger partial charge is 0.0745 e. The second-order valence-corrected chi connectivity index (χ2v) is 5.24. The molecule has 0 aliphatic rings. The van der Waals surface area contributed by atoms with E-state index in [0.717, 1.165) is 23.3 Å². The highest BCUT2D eigenvalue weighted by Gasteiger charge is 2.12. The normalized spacial score (nSPS) is 10.9. The SMILES string of the molecule is CCn1nc(C)c(Br)c1CNn1c(C)ccc1C. The molecule has 0 saturated carbocycles. The van der Waals surface area contributed by atoms with Gasteiger partial charge < -0.3 is 5.43 Å². The predicted molar refractivity (Wildman–Crippen MR) is 77.3 cm³/mol. The lowest BCUT2D eigenvalue weighted by Crippen LogP contribution is -2.19. The Morgan fingerprint density at radius 1 is 1.22 bits per heavy atom. The molecule has 0 saturated heterocycles. The molecule has 0 bridgehead atoms. The fourth-order valence-electron chi connectivity index (χ4n) is 2.11. The van der Waals surface area contributed by atoms with Gasteiger partial charge in [0.25, 0.3) is 0 Å². The summed E-state index contributed by atoms with van der Waals surface area (Å²) in [6.07, 6.45) is 0. The summed E-state index contributed by atoms with van der Waals surface area (Å²) in [5.74, 6) is 0. The minimum atomic E-state index is 0.756. The molecular weight excluding hydrogens is 292 g/mol. The maximum atomic E-state index is 4.49. The molecule has 2 aromatic rings. The lowest BCUT2D eigenvalue weighted by molar-refractivity contribution is 0.611. The third kappa shape index (κ3) is 2.32. The van der Waals surface area contributed by atoms with Crippen molar-refractivity contribution < 1.29 is 0 Å². The number of aryl methyl sites for hydroxylation is 4. The van der Waals surface area contributed by atoms with Crippen LogP contribution in [-0.4, -0.2) is 14.5 Å². The zero-order valence-corrected chi connectivity index (χ0v) is 12.9. The van der Waals surface area contributed by atoms with Crippen molar-refractivity contribution in [2.75, 3.05) is 5.43 Å². The Morgan fingerprint density at radius 2 is 1.83 bits per heavy atom. The molecule has 5 heteroatoms. The van der Waals surface area contributed by atoms with Crippen molar-refractivity contribution in [2.45, 2.75) is 40.8 Å². The van der Waals surface area contributed by atoms with Gasteiger partial charge in [-0.25, -0.2) is 0 Å². The van der Waals surface area contributed by atoms with Gasteiger partial charge in [-0.05, 0) is 55.8 Å². The quantitative estimate of drug-likeness (QED) is 0.941.